The Labute approximate surface area is 135 Å². The molecule has 2 aromatic rings. The third-order valence-corrected chi connectivity index (χ3v) is 3.78. The topological polar surface area (TPSA) is 84.2 Å². The third kappa shape index (κ3) is 3.77. The van der Waals surface area contributed by atoms with Crippen LogP contribution in [0.3, 0.4) is 0 Å². The highest BCUT2D eigenvalue weighted by Crippen LogP contribution is 2.13. The van der Waals surface area contributed by atoms with Crippen LogP contribution in [0.4, 0.5) is 0 Å². The molecule has 0 fully saturated rings. The molecule has 1 heterocycles. The fourth-order valence-corrected chi connectivity index (χ4v) is 2.60. The second kappa shape index (κ2) is 7.09. The summed E-state index contributed by atoms with van der Waals surface area (Å²) >= 11 is 0. The van der Waals surface area contributed by atoms with Gasteiger partial charge in [-0.2, -0.15) is 5.10 Å². The number of carboxylic acids is 1. The van der Waals surface area contributed by atoms with Crippen LogP contribution in [0, 0.1) is 13.8 Å². The lowest BCUT2D eigenvalue weighted by atomic mass is 10.1. The van der Waals surface area contributed by atoms with Crippen LogP contribution in [-0.4, -0.2) is 33.3 Å². The van der Waals surface area contributed by atoms with Crippen LogP contribution in [0.15, 0.2) is 24.3 Å². The molecule has 2 rings (SSSR count). The molecule has 23 heavy (non-hydrogen) atoms. The monoisotopic (exact) mass is 315 g/mol. The van der Waals surface area contributed by atoms with E-state index in [1.807, 2.05) is 26.8 Å². The summed E-state index contributed by atoms with van der Waals surface area (Å²) in [4.78, 5) is 23.3. The minimum Gasteiger partial charge on any atom is -0.478 e. The lowest BCUT2D eigenvalue weighted by Crippen LogP contribution is -2.26. The number of aromatic carboxylic acids is 1. The van der Waals surface area contributed by atoms with E-state index < -0.39 is 5.97 Å². The number of hydrogen-bond donors (Lipinski definition) is 2. The van der Waals surface area contributed by atoms with E-state index in [1.54, 1.807) is 22.9 Å². The predicted octanol–water partition coefficient (Wildman–Crippen LogP) is 2.19. The van der Waals surface area contributed by atoms with Crippen molar-refractivity contribution in [2.45, 2.75) is 33.7 Å². The molecule has 0 aliphatic carbocycles. The van der Waals surface area contributed by atoms with E-state index in [0.717, 1.165) is 23.5 Å². The molecule has 0 radical (unpaired) electrons. The number of nitrogens with one attached hydrogen (secondary N) is 1. The molecule has 122 valence electrons. The number of hydrogen-bond acceptors (Lipinski definition) is 3. The fourth-order valence-electron chi connectivity index (χ4n) is 2.60. The molecule has 0 saturated carbocycles. The molecular formula is C17H21N3O3. The van der Waals surface area contributed by atoms with Crippen molar-refractivity contribution < 1.29 is 14.7 Å². The van der Waals surface area contributed by atoms with Crippen LogP contribution < -0.4 is 5.32 Å². The highest BCUT2D eigenvalue weighted by atomic mass is 16.4. The summed E-state index contributed by atoms with van der Waals surface area (Å²) in [5.41, 5.74) is 3.32. The van der Waals surface area contributed by atoms with Gasteiger partial charge in [-0.15, -0.1) is 0 Å². The Balaban J connectivity index is 1.99. The van der Waals surface area contributed by atoms with E-state index in [2.05, 4.69) is 10.4 Å². The first kappa shape index (κ1) is 16.7. The molecule has 2 N–H and O–H groups in total. The van der Waals surface area contributed by atoms with Crippen molar-refractivity contribution in [3.63, 3.8) is 0 Å². The molecule has 1 aromatic carbocycles. The zero-order valence-electron chi connectivity index (χ0n) is 13.6. The summed E-state index contributed by atoms with van der Waals surface area (Å²) in [6.07, 6.45) is 0.576. The van der Waals surface area contributed by atoms with Crippen LogP contribution in [0.5, 0.6) is 0 Å². The van der Waals surface area contributed by atoms with Gasteiger partial charge in [0.2, 0.25) is 0 Å². The van der Waals surface area contributed by atoms with Crippen molar-refractivity contribution in [2.24, 2.45) is 0 Å². The first-order valence-electron chi connectivity index (χ1n) is 7.58. The van der Waals surface area contributed by atoms with Crippen molar-refractivity contribution in [2.75, 3.05) is 6.54 Å². The van der Waals surface area contributed by atoms with Crippen molar-refractivity contribution in [3.8, 4) is 0 Å². The smallest absolute Gasteiger partial charge is 0.335 e. The minimum absolute atomic E-state index is 0.144. The summed E-state index contributed by atoms with van der Waals surface area (Å²) in [6.45, 7) is 6.86. The van der Waals surface area contributed by atoms with E-state index in [0.29, 0.717) is 18.5 Å². The summed E-state index contributed by atoms with van der Waals surface area (Å²) in [5.74, 6) is -1.09. The lowest BCUT2D eigenvalue weighted by molar-refractivity contribution is 0.0696. The molecule has 1 aromatic heterocycles. The molecular weight excluding hydrogens is 294 g/mol. The number of nitrogens with zero attached hydrogens (tertiary/aromatic N) is 2. The van der Waals surface area contributed by atoms with Gasteiger partial charge in [-0.3, -0.25) is 9.48 Å². The molecule has 0 unspecified atom stereocenters. The molecule has 0 spiro atoms. The quantitative estimate of drug-likeness (QED) is 0.856. The van der Waals surface area contributed by atoms with Gasteiger partial charge in [0.25, 0.3) is 5.91 Å². The van der Waals surface area contributed by atoms with Gasteiger partial charge in [-0.1, -0.05) is 12.1 Å². The van der Waals surface area contributed by atoms with Gasteiger partial charge in [0.15, 0.2) is 0 Å². The van der Waals surface area contributed by atoms with Gasteiger partial charge in [-0.25, -0.2) is 4.79 Å². The molecule has 0 saturated heterocycles. The standard InChI is InChI=1S/C17H21N3O3/c1-4-20-12(3)15(11(2)19-20)16(21)18-9-8-13-6-5-7-14(10-13)17(22)23/h5-7,10H,4,8-9H2,1-3H3,(H,18,21)(H,22,23). The normalized spacial score (nSPS) is 10.6. The third-order valence-electron chi connectivity index (χ3n) is 3.78. The highest BCUT2D eigenvalue weighted by molar-refractivity contribution is 5.96. The molecule has 0 aliphatic heterocycles. The molecule has 0 aliphatic rings. The minimum atomic E-state index is -0.950. The van der Waals surface area contributed by atoms with Crippen molar-refractivity contribution >= 4 is 11.9 Å². The molecule has 6 heteroatoms. The Hall–Kier alpha value is -2.63. The van der Waals surface area contributed by atoms with E-state index in [9.17, 15) is 9.59 Å². The summed E-state index contributed by atoms with van der Waals surface area (Å²) < 4.78 is 1.81. The zero-order chi connectivity index (χ0) is 17.0. The van der Waals surface area contributed by atoms with Gasteiger partial charge in [0, 0.05) is 18.8 Å². The van der Waals surface area contributed by atoms with Crippen molar-refractivity contribution in [3.05, 3.63) is 52.3 Å². The molecule has 1 amide bonds. The number of aromatic nitrogens is 2. The van der Waals surface area contributed by atoms with Crippen LogP contribution in [0.25, 0.3) is 0 Å². The number of benzene rings is 1. The van der Waals surface area contributed by atoms with E-state index in [-0.39, 0.29) is 11.5 Å². The second-order valence-electron chi connectivity index (χ2n) is 5.37. The summed E-state index contributed by atoms with van der Waals surface area (Å²) in [7, 11) is 0. The van der Waals surface area contributed by atoms with E-state index in [1.165, 1.54) is 0 Å². The number of carboxylic acid groups (broad SMARTS) is 1. The molecule has 0 atom stereocenters. The number of aryl methyl sites for hydroxylation is 2. The van der Waals surface area contributed by atoms with E-state index >= 15 is 0 Å². The first-order chi connectivity index (χ1) is 10.9. The van der Waals surface area contributed by atoms with Gasteiger partial charge in [0.1, 0.15) is 0 Å². The van der Waals surface area contributed by atoms with Crippen LogP contribution in [0.1, 0.15) is 44.6 Å². The van der Waals surface area contributed by atoms with Gasteiger partial charge in [0.05, 0.1) is 16.8 Å². The van der Waals surface area contributed by atoms with Crippen molar-refractivity contribution in [1.82, 2.24) is 15.1 Å². The Kier molecular flexibility index (Phi) is 5.16. The van der Waals surface area contributed by atoms with E-state index in [4.69, 9.17) is 5.11 Å². The zero-order valence-corrected chi connectivity index (χ0v) is 13.6. The number of amides is 1. The fraction of sp³-hybridized carbons (Fsp3) is 0.353. The van der Waals surface area contributed by atoms with Gasteiger partial charge >= 0.3 is 5.97 Å². The van der Waals surface area contributed by atoms with Crippen LogP contribution in [0.2, 0.25) is 0 Å². The lowest BCUT2D eigenvalue weighted by Gasteiger charge is -2.07. The number of rotatable bonds is 6. The summed E-state index contributed by atoms with van der Waals surface area (Å²) in [5, 5.41) is 16.2. The number of carbonyl (C=O) groups is 2. The SMILES string of the molecule is CCn1nc(C)c(C(=O)NCCc2cccc(C(=O)O)c2)c1C. The maximum absolute atomic E-state index is 12.3. The highest BCUT2D eigenvalue weighted by Gasteiger charge is 2.17. The van der Waals surface area contributed by atoms with Gasteiger partial charge < -0.3 is 10.4 Å². The average molecular weight is 315 g/mol. The summed E-state index contributed by atoms with van der Waals surface area (Å²) in [6, 6.07) is 6.74. The Morgan fingerprint density at radius 1 is 1.30 bits per heavy atom. The van der Waals surface area contributed by atoms with Crippen molar-refractivity contribution in [1.29, 1.82) is 0 Å². The second-order valence-corrected chi connectivity index (χ2v) is 5.37. The Morgan fingerprint density at radius 2 is 2.04 bits per heavy atom. The predicted molar refractivity (Wildman–Crippen MR) is 86.8 cm³/mol. The van der Waals surface area contributed by atoms with Crippen LogP contribution >= 0.6 is 0 Å². The maximum Gasteiger partial charge on any atom is 0.335 e. The average Bonchev–Trinajstić information content (AvgIpc) is 2.81. The van der Waals surface area contributed by atoms with Crippen LogP contribution in [-0.2, 0) is 13.0 Å². The Bertz CT molecular complexity index is 735. The molecule has 6 nitrogen and oxygen atoms in total. The maximum atomic E-state index is 12.3. The first-order valence-corrected chi connectivity index (χ1v) is 7.58. The number of carbonyl (C=O) groups excluding carboxylic acids is 1. The largest absolute Gasteiger partial charge is 0.478 e. The van der Waals surface area contributed by atoms with Gasteiger partial charge in [-0.05, 0) is 44.9 Å². The Morgan fingerprint density at radius 3 is 2.65 bits per heavy atom. The molecule has 0 bridgehead atoms.